The van der Waals surface area contributed by atoms with Crippen LogP contribution in [0.2, 0.25) is 0 Å². The van der Waals surface area contributed by atoms with Gasteiger partial charge in [0.25, 0.3) is 10.2 Å². The molecule has 0 spiro atoms. The minimum atomic E-state index is -3.54. The van der Waals surface area contributed by atoms with Crippen LogP contribution in [0.3, 0.4) is 0 Å². The molecule has 0 aliphatic heterocycles. The third kappa shape index (κ3) is 4.17. The fourth-order valence-corrected chi connectivity index (χ4v) is 2.33. The Kier molecular flexibility index (Phi) is 4.85. The van der Waals surface area contributed by atoms with Crippen molar-refractivity contribution in [2.24, 2.45) is 0 Å². The molecule has 1 aromatic carbocycles. The lowest BCUT2D eigenvalue weighted by Gasteiger charge is -2.07. The number of hydrogen-bond donors (Lipinski definition) is 2. The Hall–Kier alpha value is -0.500. The van der Waals surface area contributed by atoms with Gasteiger partial charge in [-0.2, -0.15) is 13.1 Å². The van der Waals surface area contributed by atoms with Crippen LogP contribution in [0, 0.1) is 5.82 Å². The lowest BCUT2D eigenvalue weighted by molar-refractivity contribution is 0.563. The van der Waals surface area contributed by atoms with Gasteiger partial charge < -0.3 is 0 Å². The van der Waals surface area contributed by atoms with E-state index >= 15 is 0 Å². The molecule has 0 aliphatic rings. The average molecular weight is 311 g/mol. The van der Waals surface area contributed by atoms with E-state index in [0.29, 0.717) is 4.47 Å². The average Bonchev–Trinajstić information content (AvgIpc) is 2.19. The minimum absolute atomic E-state index is 0.0827. The molecule has 0 aliphatic carbocycles. The molecule has 0 saturated heterocycles. The molecule has 0 fully saturated rings. The molecule has 0 atom stereocenters. The van der Waals surface area contributed by atoms with Crippen LogP contribution in [-0.2, 0) is 16.8 Å². The van der Waals surface area contributed by atoms with Crippen LogP contribution < -0.4 is 9.44 Å². The van der Waals surface area contributed by atoms with E-state index in [4.69, 9.17) is 0 Å². The van der Waals surface area contributed by atoms with Gasteiger partial charge in [0.05, 0.1) is 0 Å². The molecule has 0 unspecified atom stereocenters. The Labute approximate surface area is 103 Å². The molecule has 0 amide bonds. The lowest BCUT2D eigenvalue weighted by atomic mass is 10.2. The molecule has 1 aromatic rings. The fraction of sp³-hybridized carbons (Fsp3) is 0.333. The first-order valence-corrected chi connectivity index (χ1v) is 6.90. The van der Waals surface area contributed by atoms with Crippen molar-refractivity contribution < 1.29 is 12.8 Å². The second-order valence-electron chi connectivity index (χ2n) is 3.06. The van der Waals surface area contributed by atoms with Crippen molar-refractivity contribution in [3.8, 4) is 0 Å². The molecular weight excluding hydrogens is 299 g/mol. The zero-order chi connectivity index (χ0) is 12.2. The normalized spacial score (nSPS) is 11.7. The Morgan fingerprint density at radius 2 is 2.06 bits per heavy atom. The van der Waals surface area contributed by atoms with E-state index in [1.54, 1.807) is 13.0 Å². The summed E-state index contributed by atoms with van der Waals surface area (Å²) in [6.45, 7) is 1.87. The lowest BCUT2D eigenvalue weighted by Crippen LogP contribution is -2.36. The smallest absolute Gasteiger partial charge is 0.207 e. The Bertz CT molecular complexity index is 465. The number of nitrogens with one attached hydrogen (secondary N) is 2. The van der Waals surface area contributed by atoms with Crippen molar-refractivity contribution in [2.75, 3.05) is 6.54 Å². The zero-order valence-electron chi connectivity index (χ0n) is 8.63. The second-order valence-corrected chi connectivity index (χ2v) is 5.56. The summed E-state index contributed by atoms with van der Waals surface area (Å²) in [6.07, 6.45) is 0. The van der Waals surface area contributed by atoms with E-state index in [1.165, 1.54) is 12.1 Å². The third-order valence-electron chi connectivity index (χ3n) is 1.79. The van der Waals surface area contributed by atoms with Crippen molar-refractivity contribution >= 4 is 26.1 Å². The Balaban J connectivity index is 2.71. The van der Waals surface area contributed by atoms with E-state index in [1.807, 2.05) is 0 Å². The second kappa shape index (κ2) is 5.72. The quantitative estimate of drug-likeness (QED) is 0.866. The van der Waals surface area contributed by atoms with Gasteiger partial charge in [0.15, 0.2) is 0 Å². The van der Waals surface area contributed by atoms with Gasteiger partial charge in [-0.3, -0.25) is 0 Å². The van der Waals surface area contributed by atoms with Gasteiger partial charge in [-0.1, -0.05) is 22.9 Å². The molecule has 0 heterocycles. The largest absolute Gasteiger partial charge is 0.277 e. The monoisotopic (exact) mass is 310 g/mol. The molecule has 16 heavy (non-hydrogen) atoms. The van der Waals surface area contributed by atoms with Crippen LogP contribution in [0.25, 0.3) is 0 Å². The molecule has 0 aromatic heterocycles. The van der Waals surface area contributed by atoms with E-state index in [2.05, 4.69) is 25.4 Å². The minimum Gasteiger partial charge on any atom is -0.207 e. The predicted octanol–water partition coefficient (Wildman–Crippen LogP) is 1.53. The van der Waals surface area contributed by atoms with Crippen molar-refractivity contribution in [3.05, 3.63) is 34.1 Å². The SMILES string of the molecule is CCNS(=O)(=O)NCc1cc(Br)ccc1F. The number of hydrogen-bond acceptors (Lipinski definition) is 2. The number of benzene rings is 1. The summed E-state index contributed by atoms with van der Waals surface area (Å²) < 4.78 is 40.9. The molecule has 0 bridgehead atoms. The maximum absolute atomic E-state index is 13.3. The van der Waals surface area contributed by atoms with E-state index in [0.717, 1.165) is 0 Å². The Morgan fingerprint density at radius 3 is 2.69 bits per heavy atom. The van der Waals surface area contributed by atoms with Gasteiger partial charge in [-0.05, 0) is 18.2 Å². The molecule has 0 saturated carbocycles. The van der Waals surface area contributed by atoms with Gasteiger partial charge in [0.1, 0.15) is 5.82 Å². The Morgan fingerprint density at radius 1 is 1.38 bits per heavy atom. The summed E-state index contributed by atoms with van der Waals surface area (Å²) in [5.41, 5.74) is 0.288. The molecule has 90 valence electrons. The van der Waals surface area contributed by atoms with E-state index in [9.17, 15) is 12.8 Å². The first-order valence-electron chi connectivity index (χ1n) is 4.63. The summed E-state index contributed by atoms with van der Waals surface area (Å²) in [7, 11) is -3.54. The molecule has 1 rings (SSSR count). The maximum Gasteiger partial charge on any atom is 0.277 e. The van der Waals surface area contributed by atoms with Gasteiger partial charge in [-0.25, -0.2) is 9.11 Å². The topological polar surface area (TPSA) is 58.2 Å². The number of rotatable bonds is 5. The van der Waals surface area contributed by atoms with Crippen molar-refractivity contribution in [1.82, 2.24) is 9.44 Å². The highest BCUT2D eigenvalue weighted by molar-refractivity contribution is 9.10. The zero-order valence-corrected chi connectivity index (χ0v) is 11.0. The molecule has 2 N–H and O–H groups in total. The van der Waals surface area contributed by atoms with Gasteiger partial charge in [0, 0.05) is 23.1 Å². The maximum atomic E-state index is 13.3. The highest BCUT2D eigenvalue weighted by Crippen LogP contribution is 2.15. The van der Waals surface area contributed by atoms with Crippen molar-refractivity contribution in [2.45, 2.75) is 13.5 Å². The van der Waals surface area contributed by atoms with Crippen molar-refractivity contribution in [1.29, 1.82) is 0 Å². The molecule has 7 heteroatoms. The van der Waals surface area contributed by atoms with E-state index < -0.39 is 16.0 Å². The summed E-state index contributed by atoms with van der Waals surface area (Å²) >= 11 is 3.19. The summed E-state index contributed by atoms with van der Waals surface area (Å²) in [4.78, 5) is 0. The summed E-state index contributed by atoms with van der Waals surface area (Å²) in [5, 5.41) is 0. The van der Waals surface area contributed by atoms with Gasteiger partial charge >= 0.3 is 0 Å². The van der Waals surface area contributed by atoms with Crippen LogP contribution >= 0.6 is 15.9 Å². The van der Waals surface area contributed by atoms with E-state index in [-0.39, 0.29) is 18.7 Å². The number of halogens is 2. The highest BCUT2D eigenvalue weighted by Gasteiger charge is 2.09. The first-order chi connectivity index (χ1) is 7.44. The molecule has 0 radical (unpaired) electrons. The highest BCUT2D eigenvalue weighted by atomic mass is 79.9. The van der Waals surface area contributed by atoms with Crippen LogP contribution in [-0.4, -0.2) is 15.0 Å². The summed E-state index contributed by atoms with van der Waals surface area (Å²) in [5.74, 6) is -0.442. The van der Waals surface area contributed by atoms with Crippen LogP contribution in [0.4, 0.5) is 4.39 Å². The van der Waals surface area contributed by atoms with Crippen LogP contribution in [0.5, 0.6) is 0 Å². The third-order valence-corrected chi connectivity index (χ3v) is 3.48. The van der Waals surface area contributed by atoms with Crippen LogP contribution in [0.15, 0.2) is 22.7 Å². The van der Waals surface area contributed by atoms with Crippen LogP contribution in [0.1, 0.15) is 12.5 Å². The first kappa shape index (κ1) is 13.6. The van der Waals surface area contributed by atoms with Gasteiger partial charge in [0.2, 0.25) is 0 Å². The predicted molar refractivity (Wildman–Crippen MR) is 63.5 cm³/mol. The fourth-order valence-electron chi connectivity index (χ4n) is 1.09. The molecular formula is C9H12BrFN2O2S. The van der Waals surface area contributed by atoms with Gasteiger partial charge in [-0.15, -0.1) is 0 Å². The summed E-state index contributed by atoms with van der Waals surface area (Å²) in [6, 6.07) is 4.36. The standard InChI is InChI=1S/C9H12BrFN2O2S/c1-2-12-16(14,15)13-6-7-5-8(10)3-4-9(7)11/h3-5,12-13H,2,6H2,1H3. The molecule has 4 nitrogen and oxygen atoms in total. The van der Waals surface area contributed by atoms with Crippen molar-refractivity contribution in [3.63, 3.8) is 0 Å².